The summed E-state index contributed by atoms with van der Waals surface area (Å²) < 4.78 is 5.92. The van der Waals surface area contributed by atoms with Crippen molar-refractivity contribution >= 4 is 29.0 Å². The first kappa shape index (κ1) is 23.4. The zero-order valence-electron chi connectivity index (χ0n) is 19.2. The van der Waals surface area contributed by atoms with E-state index in [0.29, 0.717) is 24.0 Å². The van der Waals surface area contributed by atoms with Gasteiger partial charge in [-0.3, -0.25) is 15.0 Å². The predicted octanol–water partition coefficient (Wildman–Crippen LogP) is 2.78. The van der Waals surface area contributed by atoms with Gasteiger partial charge in [-0.05, 0) is 48.7 Å². The second-order valence-electron chi connectivity index (χ2n) is 8.97. The Morgan fingerprint density at radius 3 is 2.57 bits per heavy atom. The van der Waals surface area contributed by atoms with E-state index in [1.165, 1.54) is 6.08 Å². The molecule has 3 unspecified atom stereocenters. The SMILES string of the molecule is C=CC(=O)N1CCC[C@@H](N2C(Cl)=C(c3ccc(Oc4ccccc4)cc3)C3C(N)NNC(=O)C32)C1. The van der Waals surface area contributed by atoms with Crippen LogP contribution in [0.1, 0.15) is 18.4 Å². The van der Waals surface area contributed by atoms with Crippen molar-refractivity contribution in [3.05, 3.63) is 78.0 Å². The summed E-state index contributed by atoms with van der Waals surface area (Å²) in [6.45, 7) is 4.74. The molecule has 0 aromatic heterocycles. The van der Waals surface area contributed by atoms with E-state index in [4.69, 9.17) is 22.1 Å². The normalized spacial score (nSPS) is 26.3. The molecule has 2 saturated heterocycles. The molecule has 3 aliphatic rings. The molecule has 4 atom stereocenters. The number of hydrogen-bond donors (Lipinski definition) is 3. The average molecular weight is 494 g/mol. The van der Waals surface area contributed by atoms with E-state index in [1.807, 2.05) is 59.5 Å². The maximum atomic E-state index is 13.1. The average Bonchev–Trinajstić information content (AvgIpc) is 3.21. The lowest BCUT2D eigenvalue weighted by Gasteiger charge is -2.43. The van der Waals surface area contributed by atoms with Gasteiger partial charge in [0.25, 0.3) is 5.91 Å². The van der Waals surface area contributed by atoms with Crippen molar-refractivity contribution in [3.8, 4) is 11.5 Å². The number of nitrogens with zero attached hydrogens (tertiary/aromatic N) is 2. The Morgan fingerprint density at radius 1 is 1.14 bits per heavy atom. The second-order valence-corrected chi connectivity index (χ2v) is 9.32. The first-order chi connectivity index (χ1) is 17.0. The number of hydrazine groups is 1. The van der Waals surface area contributed by atoms with Gasteiger partial charge in [-0.25, -0.2) is 5.43 Å². The van der Waals surface area contributed by atoms with E-state index in [2.05, 4.69) is 17.4 Å². The Morgan fingerprint density at radius 2 is 1.86 bits per heavy atom. The molecule has 8 nitrogen and oxygen atoms in total. The molecule has 0 radical (unpaired) electrons. The number of likely N-dealkylation sites (tertiary alicyclic amines) is 1. The number of rotatable bonds is 5. The number of carbonyl (C=O) groups is 2. The van der Waals surface area contributed by atoms with Crippen LogP contribution in [0.4, 0.5) is 0 Å². The zero-order chi connectivity index (χ0) is 24.5. The number of hydrogen-bond acceptors (Lipinski definition) is 6. The Bertz CT molecular complexity index is 1150. The van der Waals surface area contributed by atoms with Crippen LogP contribution >= 0.6 is 11.6 Å². The van der Waals surface area contributed by atoms with Crippen molar-refractivity contribution in [2.45, 2.75) is 31.1 Å². The highest BCUT2D eigenvalue weighted by molar-refractivity contribution is 6.33. The molecular weight excluding hydrogens is 466 g/mol. The topological polar surface area (TPSA) is 99.9 Å². The summed E-state index contributed by atoms with van der Waals surface area (Å²) in [4.78, 5) is 29.0. The molecule has 35 heavy (non-hydrogen) atoms. The van der Waals surface area contributed by atoms with E-state index in [9.17, 15) is 9.59 Å². The van der Waals surface area contributed by atoms with Crippen LogP contribution in [-0.2, 0) is 9.59 Å². The molecule has 4 N–H and O–H groups in total. The summed E-state index contributed by atoms with van der Waals surface area (Å²) in [6, 6.07) is 16.5. The molecule has 2 aromatic rings. The highest BCUT2D eigenvalue weighted by atomic mass is 35.5. The third-order valence-electron chi connectivity index (χ3n) is 6.86. The highest BCUT2D eigenvalue weighted by Crippen LogP contribution is 2.46. The number of nitrogens with two attached hydrogens (primary N) is 1. The Hall–Kier alpha value is -3.33. The number of carbonyl (C=O) groups excluding carboxylic acids is 2. The summed E-state index contributed by atoms with van der Waals surface area (Å²) in [7, 11) is 0. The van der Waals surface area contributed by atoms with Crippen LogP contribution in [0.15, 0.2) is 72.4 Å². The zero-order valence-corrected chi connectivity index (χ0v) is 19.9. The second kappa shape index (κ2) is 9.73. The Balaban J connectivity index is 1.47. The summed E-state index contributed by atoms with van der Waals surface area (Å²) in [5.41, 5.74) is 13.7. The monoisotopic (exact) mass is 493 g/mol. The van der Waals surface area contributed by atoms with Gasteiger partial charge >= 0.3 is 0 Å². The van der Waals surface area contributed by atoms with Gasteiger partial charge in [0.05, 0.1) is 6.17 Å². The third kappa shape index (κ3) is 4.40. The number of ether oxygens (including phenoxy) is 1. The minimum atomic E-state index is -0.572. The largest absolute Gasteiger partial charge is 0.457 e. The van der Waals surface area contributed by atoms with Gasteiger partial charge in [-0.1, -0.05) is 48.5 Å². The fourth-order valence-corrected chi connectivity index (χ4v) is 5.73. The summed E-state index contributed by atoms with van der Waals surface area (Å²) in [5, 5.41) is 0.490. The first-order valence-electron chi connectivity index (χ1n) is 11.7. The highest BCUT2D eigenvalue weighted by Gasteiger charge is 2.52. The number of para-hydroxylation sites is 1. The molecule has 182 valence electrons. The lowest BCUT2D eigenvalue weighted by molar-refractivity contribution is -0.133. The minimum Gasteiger partial charge on any atom is -0.457 e. The smallest absolute Gasteiger partial charge is 0.257 e. The molecule has 0 spiro atoms. The molecule has 2 aromatic carbocycles. The molecule has 3 heterocycles. The fraction of sp³-hybridized carbons (Fsp3) is 0.308. The molecule has 0 saturated carbocycles. The molecule has 0 bridgehead atoms. The van der Waals surface area contributed by atoms with Crippen LogP contribution in [0.3, 0.4) is 0 Å². The van der Waals surface area contributed by atoms with Crippen LogP contribution < -0.4 is 21.3 Å². The molecule has 2 fully saturated rings. The quantitative estimate of drug-likeness (QED) is 0.437. The third-order valence-corrected chi connectivity index (χ3v) is 7.26. The van der Waals surface area contributed by atoms with E-state index in [-0.39, 0.29) is 23.8 Å². The number of piperidine rings is 1. The van der Waals surface area contributed by atoms with Crippen molar-refractivity contribution in [1.29, 1.82) is 0 Å². The van der Waals surface area contributed by atoms with E-state index in [0.717, 1.165) is 29.7 Å². The molecule has 0 aliphatic carbocycles. The molecule has 3 aliphatic heterocycles. The molecular formula is C26H28ClN5O3. The van der Waals surface area contributed by atoms with Crippen molar-refractivity contribution in [2.24, 2.45) is 11.7 Å². The van der Waals surface area contributed by atoms with Crippen molar-refractivity contribution in [3.63, 3.8) is 0 Å². The van der Waals surface area contributed by atoms with Crippen LogP contribution in [0.5, 0.6) is 11.5 Å². The lowest BCUT2D eigenvalue weighted by atomic mass is 9.86. The minimum absolute atomic E-state index is 0.109. The molecule has 9 heteroatoms. The summed E-state index contributed by atoms with van der Waals surface area (Å²) in [6.07, 6.45) is 2.42. The number of halogens is 1. The number of amides is 2. The lowest BCUT2D eigenvalue weighted by Crippen LogP contribution is -2.67. The standard InChI is InChI=1S/C26H28ClN5O3/c1-2-20(33)31-14-6-7-17(15-31)32-23-22(25(28)29-30-26(23)34)21(24(32)27)16-10-12-19(13-11-16)35-18-8-4-3-5-9-18/h2-5,8-13,17,22-23,25,29H,1,6-7,14-15,28H2,(H,30,34)/t17-,22?,23?,25?/m1/s1. The number of nitrogens with one attached hydrogen (secondary N) is 2. The first-order valence-corrected chi connectivity index (χ1v) is 12.1. The summed E-state index contributed by atoms with van der Waals surface area (Å²) >= 11 is 7.04. The van der Waals surface area contributed by atoms with Gasteiger partial charge in [0, 0.05) is 30.6 Å². The Kier molecular flexibility index (Phi) is 6.51. The predicted molar refractivity (Wildman–Crippen MR) is 134 cm³/mol. The number of fused-ring (bicyclic) bond motifs is 1. The van der Waals surface area contributed by atoms with E-state index < -0.39 is 12.2 Å². The van der Waals surface area contributed by atoms with Gasteiger partial charge < -0.3 is 20.3 Å². The molecule has 5 rings (SSSR count). The van der Waals surface area contributed by atoms with Gasteiger partial charge in [-0.15, -0.1) is 0 Å². The van der Waals surface area contributed by atoms with Crippen molar-refractivity contribution < 1.29 is 14.3 Å². The van der Waals surface area contributed by atoms with Crippen LogP contribution in [0.25, 0.3) is 5.57 Å². The van der Waals surface area contributed by atoms with Gasteiger partial charge in [0.1, 0.15) is 22.7 Å². The summed E-state index contributed by atoms with van der Waals surface area (Å²) in [5.74, 6) is 0.767. The van der Waals surface area contributed by atoms with Crippen LogP contribution in [0.2, 0.25) is 0 Å². The van der Waals surface area contributed by atoms with Gasteiger partial charge in [0.15, 0.2) is 0 Å². The van der Waals surface area contributed by atoms with E-state index in [1.54, 1.807) is 4.90 Å². The fourth-order valence-electron chi connectivity index (χ4n) is 5.25. The van der Waals surface area contributed by atoms with Crippen LogP contribution in [0, 0.1) is 5.92 Å². The van der Waals surface area contributed by atoms with Crippen molar-refractivity contribution in [2.75, 3.05) is 13.1 Å². The van der Waals surface area contributed by atoms with Crippen molar-refractivity contribution in [1.82, 2.24) is 20.7 Å². The molecule has 2 amide bonds. The van der Waals surface area contributed by atoms with Crippen LogP contribution in [-0.4, -0.2) is 53.0 Å². The van der Waals surface area contributed by atoms with E-state index >= 15 is 0 Å². The number of benzene rings is 2. The maximum Gasteiger partial charge on any atom is 0.257 e. The van der Waals surface area contributed by atoms with Gasteiger partial charge in [-0.2, -0.15) is 0 Å². The maximum absolute atomic E-state index is 13.1. The van der Waals surface area contributed by atoms with Gasteiger partial charge in [0.2, 0.25) is 5.91 Å². The Labute approximate surface area is 209 Å².